The topological polar surface area (TPSA) is 135 Å². The number of ether oxygens (including phenoxy) is 1. The predicted octanol–water partition coefficient (Wildman–Crippen LogP) is 5.06. The van der Waals surface area contributed by atoms with E-state index in [1.54, 1.807) is 36.4 Å². The third-order valence-electron chi connectivity index (χ3n) is 7.49. The van der Waals surface area contributed by atoms with E-state index in [2.05, 4.69) is 20.2 Å². The van der Waals surface area contributed by atoms with E-state index in [9.17, 15) is 23.1 Å². The van der Waals surface area contributed by atoms with Crippen LogP contribution in [0.25, 0.3) is 34.3 Å². The van der Waals surface area contributed by atoms with Crippen molar-refractivity contribution in [3.8, 4) is 40.0 Å². The Balaban J connectivity index is 1.24. The molecule has 1 saturated heterocycles. The Kier molecular flexibility index (Phi) is 6.99. The van der Waals surface area contributed by atoms with E-state index in [1.165, 1.54) is 12.1 Å². The normalized spacial score (nSPS) is 21.3. The number of fused-ring (bicyclic) bond motifs is 1. The standard InChI is InChI=1S/C28H25F3N4O6/c29-28(30,31)22-23(16-6-2-1-3-7-16)33-40-25(22)27-32-26(34-41-27)17-8-9-18-20(12-17)39-14-19(24(18)38)35-10-4-5-15(13-35)11-21(36)37/h1-3,6-9,12,15,19,24,38H,4-5,10-11,13-14H2,(H,36,37)/t15?,19-,24-/m0/s1. The molecule has 3 atom stereocenters. The molecular weight excluding hydrogens is 545 g/mol. The molecule has 4 heterocycles. The van der Waals surface area contributed by atoms with Crippen molar-refractivity contribution in [1.29, 1.82) is 0 Å². The number of aliphatic hydroxyl groups excluding tert-OH is 1. The third-order valence-corrected chi connectivity index (χ3v) is 7.49. The average Bonchev–Trinajstić information content (AvgIpc) is 3.61. The molecule has 4 aromatic rings. The van der Waals surface area contributed by atoms with Crippen LogP contribution in [0.5, 0.6) is 5.75 Å². The number of halogens is 3. The Morgan fingerprint density at radius 3 is 2.63 bits per heavy atom. The van der Waals surface area contributed by atoms with E-state index in [1.807, 2.05) is 0 Å². The molecule has 0 amide bonds. The molecule has 2 aromatic carbocycles. The van der Waals surface area contributed by atoms with Crippen molar-refractivity contribution in [3.05, 3.63) is 59.7 Å². The van der Waals surface area contributed by atoms with Crippen molar-refractivity contribution in [2.45, 2.75) is 37.6 Å². The molecule has 2 aromatic heterocycles. The third kappa shape index (κ3) is 5.30. The van der Waals surface area contributed by atoms with Gasteiger partial charge < -0.3 is 24.0 Å². The zero-order valence-electron chi connectivity index (χ0n) is 21.5. The van der Waals surface area contributed by atoms with Gasteiger partial charge in [0.15, 0.2) is 0 Å². The van der Waals surface area contributed by atoms with E-state index in [0.29, 0.717) is 23.4 Å². The number of nitrogens with zero attached hydrogens (tertiary/aromatic N) is 4. The number of piperidine rings is 1. The molecule has 13 heteroatoms. The number of alkyl halides is 3. The zero-order valence-corrected chi connectivity index (χ0v) is 21.5. The van der Waals surface area contributed by atoms with Gasteiger partial charge in [-0.05, 0) is 31.4 Å². The maximum absolute atomic E-state index is 14.1. The number of benzene rings is 2. The minimum absolute atomic E-state index is 0.00124. The van der Waals surface area contributed by atoms with Gasteiger partial charge in [0.05, 0.1) is 6.04 Å². The van der Waals surface area contributed by atoms with Crippen LogP contribution >= 0.6 is 0 Å². The van der Waals surface area contributed by atoms with Crippen molar-refractivity contribution >= 4 is 5.97 Å². The van der Waals surface area contributed by atoms with E-state index in [-0.39, 0.29) is 42.1 Å². The van der Waals surface area contributed by atoms with Crippen LogP contribution in [-0.2, 0) is 11.0 Å². The number of carbonyl (C=O) groups is 1. The Morgan fingerprint density at radius 2 is 1.88 bits per heavy atom. The number of carboxylic acid groups (broad SMARTS) is 1. The lowest BCUT2D eigenvalue weighted by molar-refractivity contribution is -0.139. The Labute approximate surface area is 231 Å². The second kappa shape index (κ2) is 10.6. The summed E-state index contributed by atoms with van der Waals surface area (Å²) in [6.07, 6.45) is -3.94. The summed E-state index contributed by atoms with van der Waals surface area (Å²) in [6.45, 7) is 1.47. The number of rotatable bonds is 6. The van der Waals surface area contributed by atoms with Crippen LogP contribution in [0, 0.1) is 5.92 Å². The Bertz CT molecular complexity index is 1550. The summed E-state index contributed by atoms with van der Waals surface area (Å²) >= 11 is 0. The fraction of sp³-hybridized carbons (Fsp3) is 0.357. The van der Waals surface area contributed by atoms with Crippen LogP contribution in [-0.4, -0.2) is 62.1 Å². The van der Waals surface area contributed by atoms with Gasteiger partial charge in [-0.2, -0.15) is 18.2 Å². The van der Waals surface area contributed by atoms with Crippen LogP contribution in [0.4, 0.5) is 13.2 Å². The number of aliphatic carboxylic acids is 1. The first-order chi connectivity index (χ1) is 19.7. The zero-order chi connectivity index (χ0) is 28.7. The highest BCUT2D eigenvalue weighted by Gasteiger charge is 2.43. The monoisotopic (exact) mass is 570 g/mol. The summed E-state index contributed by atoms with van der Waals surface area (Å²) in [7, 11) is 0. The molecule has 2 aliphatic rings. The van der Waals surface area contributed by atoms with Crippen LogP contribution in [0.3, 0.4) is 0 Å². The molecule has 1 unspecified atom stereocenters. The van der Waals surface area contributed by atoms with Crippen molar-refractivity contribution < 1.29 is 42.0 Å². The highest BCUT2D eigenvalue weighted by molar-refractivity contribution is 5.71. The molecule has 41 heavy (non-hydrogen) atoms. The first-order valence-electron chi connectivity index (χ1n) is 13.1. The molecular formula is C28H25F3N4O6. The summed E-state index contributed by atoms with van der Waals surface area (Å²) in [5, 5.41) is 27.8. The van der Waals surface area contributed by atoms with Gasteiger partial charge in [-0.1, -0.05) is 52.8 Å². The molecule has 2 aliphatic heterocycles. The average molecular weight is 571 g/mol. The van der Waals surface area contributed by atoms with Crippen molar-refractivity contribution in [2.24, 2.45) is 5.92 Å². The molecule has 0 spiro atoms. The van der Waals surface area contributed by atoms with Crippen LogP contribution < -0.4 is 4.74 Å². The molecule has 0 radical (unpaired) electrons. The molecule has 214 valence electrons. The van der Waals surface area contributed by atoms with Crippen molar-refractivity contribution in [2.75, 3.05) is 19.7 Å². The summed E-state index contributed by atoms with van der Waals surface area (Å²) in [6, 6.07) is 12.4. The second-order valence-electron chi connectivity index (χ2n) is 10.2. The second-order valence-corrected chi connectivity index (χ2v) is 10.2. The van der Waals surface area contributed by atoms with E-state index in [4.69, 9.17) is 18.9 Å². The van der Waals surface area contributed by atoms with Gasteiger partial charge in [0, 0.05) is 29.7 Å². The Hall–Kier alpha value is -4.23. The van der Waals surface area contributed by atoms with E-state index >= 15 is 0 Å². The molecule has 2 N–H and O–H groups in total. The minimum Gasteiger partial charge on any atom is -0.491 e. The summed E-state index contributed by atoms with van der Waals surface area (Å²) in [5.74, 6) is -1.61. The number of aliphatic hydroxyl groups is 1. The first-order valence-corrected chi connectivity index (χ1v) is 13.1. The van der Waals surface area contributed by atoms with E-state index in [0.717, 1.165) is 19.4 Å². The van der Waals surface area contributed by atoms with Gasteiger partial charge in [0.25, 0.3) is 5.89 Å². The number of carboxylic acids is 1. The van der Waals surface area contributed by atoms with Gasteiger partial charge in [0.2, 0.25) is 11.6 Å². The molecule has 0 aliphatic carbocycles. The maximum Gasteiger partial charge on any atom is 0.422 e. The van der Waals surface area contributed by atoms with Crippen LogP contribution in [0.1, 0.15) is 36.5 Å². The van der Waals surface area contributed by atoms with Gasteiger partial charge in [-0.3, -0.25) is 9.69 Å². The van der Waals surface area contributed by atoms with Crippen LogP contribution in [0.15, 0.2) is 57.6 Å². The maximum atomic E-state index is 14.1. The van der Waals surface area contributed by atoms with Crippen molar-refractivity contribution in [1.82, 2.24) is 20.2 Å². The van der Waals surface area contributed by atoms with Gasteiger partial charge >= 0.3 is 12.1 Å². The highest BCUT2D eigenvalue weighted by atomic mass is 19.4. The Morgan fingerprint density at radius 1 is 1.07 bits per heavy atom. The van der Waals surface area contributed by atoms with Crippen LogP contribution in [0.2, 0.25) is 0 Å². The van der Waals surface area contributed by atoms with E-state index < -0.39 is 35.5 Å². The predicted molar refractivity (Wildman–Crippen MR) is 136 cm³/mol. The van der Waals surface area contributed by atoms with Gasteiger partial charge in [-0.15, -0.1) is 0 Å². The molecule has 0 bridgehead atoms. The molecule has 0 saturated carbocycles. The lowest BCUT2D eigenvalue weighted by atomic mass is 9.90. The summed E-state index contributed by atoms with van der Waals surface area (Å²) in [5.41, 5.74) is -0.344. The molecule has 6 rings (SSSR count). The lowest BCUT2D eigenvalue weighted by Gasteiger charge is -2.42. The summed E-state index contributed by atoms with van der Waals surface area (Å²) < 4.78 is 58.3. The van der Waals surface area contributed by atoms with Crippen molar-refractivity contribution in [3.63, 3.8) is 0 Å². The van der Waals surface area contributed by atoms with Gasteiger partial charge in [-0.25, -0.2) is 0 Å². The molecule has 1 fully saturated rings. The fourth-order valence-corrected chi connectivity index (χ4v) is 5.56. The molecule has 10 nitrogen and oxygen atoms in total. The quantitative estimate of drug-likeness (QED) is 0.324. The van der Waals surface area contributed by atoms with Gasteiger partial charge in [0.1, 0.15) is 29.7 Å². The fourth-order valence-electron chi connectivity index (χ4n) is 5.56. The smallest absolute Gasteiger partial charge is 0.422 e. The largest absolute Gasteiger partial charge is 0.491 e. The first kappa shape index (κ1) is 27.0. The minimum atomic E-state index is -4.80. The summed E-state index contributed by atoms with van der Waals surface area (Å²) in [4.78, 5) is 17.4. The number of hydrogen-bond donors (Lipinski definition) is 2. The number of likely N-dealkylation sites (tertiary alicyclic amines) is 1. The number of hydrogen-bond acceptors (Lipinski definition) is 9. The highest BCUT2D eigenvalue weighted by Crippen LogP contribution is 2.43. The lowest BCUT2D eigenvalue weighted by Crippen LogP contribution is -2.50. The SMILES string of the molecule is O=C(O)CC1CCCN([C@H]2COc3cc(-c4noc(-c5onc(-c6ccccc6)c5C(F)(F)F)n4)ccc3[C@@H]2O)C1. The number of aromatic nitrogens is 3.